The zero-order valence-corrected chi connectivity index (χ0v) is 21.4. The molecule has 7 nitrogen and oxygen atoms in total. The Morgan fingerprint density at radius 3 is 2.51 bits per heavy atom. The first kappa shape index (κ1) is 22.1. The van der Waals surface area contributed by atoms with E-state index < -0.39 is 0 Å². The highest BCUT2D eigenvalue weighted by atomic mass is 16.1. The van der Waals surface area contributed by atoms with Gasteiger partial charge in [0, 0.05) is 42.4 Å². The maximum Gasteiger partial charge on any atom is 0.328 e. The van der Waals surface area contributed by atoms with Crippen molar-refractivity contribution in [3.63, 3.8) is 0 Å². The van der Waals surface area contributed by atoms with Crippen molar-refractivity contribution < 1.29 is 0 Å². The fourth-order valence-electron chi connectivity index (χ4n) is 6.01. The van der Waals surface area contributed by atoms with Crippen LogP contribution in [-0.2, 0) is 14.1 Å². The highest BCUT2D eigenvalue weighted by Crippen LogP contribution is 2.36. The first-order valence-electron chi connectivity index (χ1n) is 13.0. The Balaban J connectivity index is 1.49. The maximum absolute atomic E-state index is 12.6. The molecule has 0 aliphatic carbocycles. The van der Waals surface area contributed by atoms with Crippen molar-refractivity contribution in [2.75, 3.05) is 13.1 Å². The van der Waals surface area contributed by atoms with Gasteiger partial charge in [-0.25, -0.2) is 9.78 Å². The van der Waals surface area contributed by atoms with Crippen LogP contribution in [0.15, 0.2) is 65.6 Å². The predicted molar refractivity (Wildman–Crippen MR) is 150 cm³/mol. The van der Waals surface area contributed by atoms with Crippen LogP contribution in [0.2, 0.25) is 0 Å². The third-order valence-corrected chi connectivity index (χ3v) is 8.08. The van der Waals surface area contributed by atoms with Gasteiger partial charge in [0.1, 0.15) is 5.82 Å². The largest absolute Gasteiger partial charge is 0.360 e. The second-order valence-electron chi connectivity index (χ2n) is 10.4. The van der Waals surface area contributed by atoms with Gasteiger partial charge in [-0.2, -0.15) is 0 Å². The summed E-state index contributed by atoms with van der Waals surface area (Å²) >= 11 is 0. The molecule has 7 rings (SSSR count). The number of H-pyrrole nitrogens is 1. The molecule has 6 aromatic rings. The van der Waals surface area contributed by atoms with Crippen molar-refractivity contribution in [2.24, 2.45) is 14.1 Å². The van der Waals surface area contributed by atoms with Gasteiger partial charge in [-0.05, 0) is 86.3 Å². The zero-order chi connectivity index (χ0) is 25.3. The van der Waals surface area contributed by atoms with Gasteiger partial charge in [-0.15, -0.1) is 0 Å². The molecule has 0 radical (unpaired) electrons. The van der Waals surface area contributed by atoms with E-state index in [-0.39, 0.29) is 5.69 Å². The van der Waals surface area contributed by atoms with Crippen LogP contribution in [0, 0.1) is 6.92 Å². The lowest BCUT2D eigenvalue weighted by atomic mass is 9.90. The molecule has 7 heteroatoms. The lowest BCUT2D eigenvalue weighted by Crippen LogP contribution is -2.26. The molecule has 1 saturated heterocycles. The number of aromatic nitrogens is 5. The Kier molecular flexibility index (Phi) is 4.91. The molecule has 0 amide bonds. The van der Waals surface area contributed by atoms with E-state index in [9.17, 15) is 4.79 Å². The minimum Gasteiger partial charge on any atom is -0.360 e. The third kappa shape index (κ3) is 3.38. The molecule has 3 aromatic heterocycles. The SMILES string of the molecule is Cc1ccc2c(-c3nc4cc(C5CCNCC5)ccc4n3-c3ccc4c(c3)n(C)c(=O)n4C)c[nH]c2c1. The van der Waals surface area contributed by atoms with Crippen molar-refractivity contribution >= 4 is 33.0 Å². The molecule has 2 N–H and O–H groups in total. The minimum absolute atomic E-state index is 0.0264. The molecule has 1 aliphatic heterocycles. The number of benzene rings is 3. The van der Waals surface area contributed by atoms with Gasteiger partial charge in [-0.3, -0.25) is 13.7 Å². The number of hydrogen-bond acceptors (Lipinski definition) is 3. The molecule has 37 heavy (non-hydrogen) atoms. The van der Waals surface area contributed by atoms with Crippen LogP contribution in [0.5, 0.6) is 0 Å². The number of nitrogens with one attached hydrogen (secondary N) is 2. The molecular formula is C30H30N6O. The average molecular weight is 491 g/mol. The lowest BCUT2D eigenvalue weighted by Gasteiger charge is -2.22. The number of rotatable bonds is 3. The Bertz CT molecular complexity index is 1880. The van der Waals surface area contributed by atoms with Crippen molar-refractivity contribution in [2.45, 2.75) is 25.7 Å². The van der Waals surface area contributed by atoms with E-state index in [1.165, 1.54) is 11.1 Å². The van der Waals surface area contributed by atoms with Crippen LogP contribution in [0.3, 0.4) is 0 Å². The Hall–Kier alpha value is -4.10. The summed E-state index contributed by atoms with van der Waals surface area (Å²) < 4.78 is 5.64. The summed E-state index contributed by atoms with van der Waals surface area (Å²) in [5.74, 6) is 1.46. The predicted octanol–water partition coefficient (Wildman–Crippen LogP) is 5.14. The highest BCUT2D eigenvalue weighted by Gasteiger charge is 2.21. The standard InChI is InChI=1S/C30H30N6O/c1-18-4-7-22-23(17-32-24(22)14-18)29-33-25-15-20(19-10-12-31-13-11-19)5-8-26(25)36(29)21-6-9-27-28(16-21)35(3)30(37)34(27)2/h4-9,14-17,19,31-32H,10-13H2,1-3H3. The summed E-state index contributed by atoms with van der Waals surface area (Å²) in [6.45, 7) is 4.23. The van der Waals surface area contributed by atoms with Crippen molar-refractivity contribution in [1.82, 2.24) is 29.0 Å². The second-order valence-corrected chi connectivity index (χ2v) is 10.4. The highest BCUT2D eigenvalue weighted by molar-refractivity contribution is 5.97. The number of aryl methyl sites for hydroxylation is 3. The van der Waals surface area contributed by atoms with Gasteiger partial charge in [0.15, 0.2) is 0 Å². The van der Waals surface area contributed by atoms with E-state index >= 15 is 0 Å². The van der Waals surface area contributed by atoms with E-state index in [0.29, 0.717) is 5.92 Å². The fraction of sp³-hybridized carbons (Fsp3) is 0.267. The van der Waals surface area contributed by atoms with Gasteiger partial charge in [-0.1, -0.05) is 18.2 Å². The number of hydrogen-bond donors (Lipinski definition) is 2. The van der Waals surface area contributed by atoms with Crippen molar-refractivity contribution in [1.29, 1.82) is 0 Å². The van der Waals surface area contributed by atoms with Gasteiger partial charge in [0.25, 0.3) is 0 Å². The van der Waals surface area contributed by atoms with E-state index in [4.69, 9.17) is 4.98 Å². The number of aromatic amines is 1. The zero-order valence-electron chi connectivity index (χ0n) is 21.4. The molecule has 0 unspecified atom stereocenters. The molecular weight excluding hydrogens is 460 g/mol. The smallest absolute Gasteiger partial charge is 0.328 e. The monoisotopic (exact) mass is 490 g/mol. The molecule has 0 spiro atoms. The van der Waals surface area contributed by atoms with Gasteiger partial charge >= 0.3 is 5.69 Å². The quantitative estimate of drug-likeness (QED) is 0.361. The Labute approximate surface area is 214 Å². The summed E-state index contributed by atoms with van der Waals surface area (Å²) in [6.07, 6.45) is 4.37. The first-order chi connectivity index (χ1) is 18.0. The summed E-state index contributed by atoms with van der Waals surface area (Å²) in [6, 6.07) is 19.5. The summed E-state index contributed by atoms with van der Waals surface area (Å²) in [5, 5.41) is 4.62. The van der Waals surface area contributed by atoms with Crippen LogP contribution >= 0.6 is 0 Å². The second kappa shape index (κ2) is 8.21. The maximum atomic E-state index is 12.6. The summed E-state index contributed by atoms with van der Waals surface area (Å²) in [4.78, 5) is 21.3. The molecule has 0 saturated carbocycles. The number of imidazole rings is 2. The number of piperidine rings is 1. The van der Waals surface area contributed by atoms with E-state index in [1.807, 2.05) is 20.2 Å². The van der Waals surface area contributed by atoms with E-state index in [2.05, 4.69) is 76.5 Å². The summed E-state index contributed by atoms with van der Waals surface area (Å²) in [7, 11) is 3.65. The van der Waals surface area contributed by atoms with Gasteiger partial charge in [0.2, 0.25) is 0 Å². The Morgan fingerprint density at radius 2 is 1.68 bits per heavy atom. The van der Waals surface area contributed by atoms with Crippen molar-refractivity contribution in [3.8, 4) is 17.1 Å². The Morgan fingerprint density at radius 1 is 0.892 bits per heavy atom. The molecule has 1 aliphatic rings. The summed E-state index contributed by atoms with van der Waals surface area (Å²) in [5.41, 5.74) is 9.59. The van der Waals surface area contributed by atoms with Crippen LogP contribution in [0.1, 0.15) is 29.9 Å². The minimum atomic E-state index is -0.0264. The lowest BCUT2D eigenvalue weighted by molar-refractivity contribution is 0.460. The average Bonchev–Trinajstić information content (AvgIpc) is 3.57. The molecule has 0 atom stereocenters. The molecule has 3 aromatic carbocycles. The van der Waals surface area contributed by atoms with Crippen LogP contribution in [0.25, 0.3) is 50.0 Å². The van der Waals surface area contributed by atoms with Crippen LogP contribution < -0.4 is 11.0 Å². The fourth-order valence-corrected chi connectivity index (χ4v) is 6.01. The van der Waals surface area contributed by atoms with Crippen LogP contribution in [-0.4, -0.2) is 36.8 Å². The number of nitrogens with zero attached hydrogens (tertiary/aromatic N) is 4. The normalized spacial score (nSPS) is 14.9. The molecule has 4 heterocycles. The van der Waals surface area contributed by atoms with E-state index in [0.717, 1.165) is 76.0 Å². The topological polar surface area (TPSA) is 72.6 Å². The van der Waals surface area contributed by atoms with Crippen molar-refractivity contribution in [3.05, 3.63) is 82.4 Å². The van der Waals surface area contributed by atoms with Crippen LogP contribution in [0.4, 0.5) is 0 Å². The third-order valence-electron chi connectivity index (χ3n) is 8.08. The molecule has 186 valence electrons. The molecule has 0 bridgehead atoms. The molecule has 1 fully saturated rings. The van der Waals surface area contributed by atoms with E-state index in [1.54, 1.807) is 9.13 Å². The van der Waals surface area contributed by atoms with Gasteiger partial charge in [0.05, 0.1) is 22.1 Å². The van der Waals surface area contributed by atoms with Gasteiger partial charge < -0.3 is 10.3 Å². The first-order valence-corrected chi connectivity index (χ1v) is 13.0. The number of fused-ring (bicyclic) bond motifs is 3.